The monoisotopic (exact) mass is 329 g/mol. The highest BCUT2D eigenvalue weighted by molar-refractivity contribution is 7.89. The molecule has 0 aliphatic rings. The molecular formula is C14H16FNO3S2. The van der Waals surface area contributed by atoms with Gasteiger partial charge in [-0.1, -0.05) is 0 Å². The van der Waals surface area contributed by atoms with Crippen molar-refractivity contribution in [3.63, 3.8) is 0 Å². The highest BCUT2D eigenvalue weighted by atomic mass is 32.2. The number of hydrogen-bond acceptors (Lipinski definition) is 4. The molecule has 0 amide bonds. The van der Waals surface area contributed by atoms with Gasteiger partial charge in [0.25, 0.3) is 0 Å². The van der Waals surface area contributed by atoms with Gasteiger partial charge in [-0.3, -0.25) is 0 Å². The fourth-order valence-corrected chi connectivity index (χ4v) is 3.79. The number of hydrogen-bond donors (Lipinski definition) is 2. The topological polar surface area (TPSA) is 66.4 Å². The molecule has 2 N–H and O–H groups in total. The molecule has 0 fully saturated rings. The standard InChI is InChI=1S/C14H16FNO3S2/c1-10-6-13(7-12(8-17)14(10)15)21(18,19)16-4-2-11-3-5-20-9-11/h3,5-7,9,16-17H,2,4,8H2,1H3. The van der Waals surface area contributed by atoms with Crippen LogP contribution >= 0.6 is 11.3 Å². The molecule has 114 valence electrons. The first-order chi connectivity index (χ1) is 9.94. The molecule has 2 aromatic rings. The van der Waals surface area contributed by atoms with Gasteiger partial charge in [-0.2, -0.15) is 11.3 Å². The second-order valence-electron chi connectivity index (χ2n) is 4.65. The van der Waals surface area contributed by atoms with E-state index < -0.39 is 22.4 Å². The molecule has 1 aromatic carbocycles. The number of aliphatic hydroxyl groups excluding tert-OH is 1. The van der Waals surface area contributed by atoms with E-state index in [0.717, 1.165) is 11.6 Å². The first-order valence-corrected chi connectivity index (χ1v) is 8.77. The van der Waals surface area contributed by atoms with Crippen molar-refractivity contribution in [2.75, 3.05) is 6.54 Å². The van der Waals surface area contributed by atoms with E-state index >= 15 is 0 Å². The Morgan fingerprint density at radius 3 is 2.76 bits per heavy atom. The van der Waals surface area contributed by atoms with Crippen molar-refractivity contribution in [3.05, 3.63) is 51.5 Å². The Bertz CT molecular complexity index is 712. The minimum absolute atomic E-state index is 0.0202. The molecule has 4 nitrogen and oxygen atoms in total. The van der Waals surface area contributed by atoms with Crippen molar-refractivity contribution >= 4 is 21.4 Å². The second-order valence-corrected chi connectivity index (χ2v) is 7.20. The van der Waals surface area contributed by atoms with Gasteiger partial charge in [0.1, 0.15) is 5.82 Å². The molecule has 0 aliphatic heterocycles. The van der Waals surface area contributed by atoms with Crippen molar-refractivity contribution in [1.82, 2.24) is 4.72 Å². The fraction of sp³-hybridized carbons (Fsp3) is 0.286. The summed E-state index contributed by atoms with van der Waals surface area (Å²) in [5.41, 5.74) is 1.24. The van der Waals surface area contributed by atoms with Gasteiger partial charge in [0, 0.05) is 12.1 Å². The number of halogens is 1. The van der Waals surface area contributed by atoms with Gasteiger partial charge in [0.05, 0.1) is 11.5 Å². The molecule has 0 radical (unpaired) electrons. The first kappa shape index (κ1) is 16.1. The summed E-state index contributed by atoms with van der Waals surface area (Å²) in [4.78, 5) is -0.0317. The average molecular weight is 329 g/mol. The zero-order chi connectivity index (χ0) is 15.5. The van der Waals surface area contributed by atoms with Gasteiger partial charge >= 0.3 is 0 Å². The van der Waals surface area contributed by atoms with Gasteiger partial charge in [-0.05, 0) is 53.4 Å². The van der Waals surface area contributed by atoms with Crippen molar-refractivity contribution < 1.29 is 17.9 Å². The van der Waals surface area contributed by atoms with E-state index in [-0.39, 0.29) is 22.6 Å². The minimum Gasteiger partial charge on any atom is -0.392 e. The smallest absolute Gasteiger partial charge is 0.240 e. The number of rotatable bonds is 6. The van der Waals surface area contributed by atoms with Crippen molar-refractivity contribution in [1.29, 1.82) is 0 Å². The Balaban J connectivity index is 2.13. The highest BCUT2D eigenvalue weighted by Gasteiger charge is 2.17. The van der Waals surface area contributed by atoms with Crippen LogP contribution in [0.4, 0.5) is 4.39 Å². The molecular weight excluding hydrogens is 313 g/mol. The largest absolute Gasteiger partial charge is 0.392 e. The lowest BCUT2D eigenvalue weighted by Gasteiger charge is -2.10. The van der Waals surface area contributed by atoms with Gasteiger partial charge in [-0.15, -0.1) is 0 Å². The van der Waals surface area contributed by atoms with Crippen LogP contribution in [0.25, 0.3) is 0 Å². The van der Waals surface area contributed by atoms with Crippen LogP contribution in [-0.4, -0.2) is 20.1 Å². The van der Waals surface area contributed by atoms with Crippen LogP contribution in [0.2, 0.25) is 0 Å². The number of nitrogens with one attached hydrogen (secondary N) is 1. The van der Waals surface area contributed by atoms with Crippen molar-refractivity contribution in [2.45, 2.75) is 24.8 Å². The molecule has 0 unspecified atom stereocenters. The zero-order valence-corrected chi connectivity index (χ0v) is 13.1. The van der Waals surface area contributed by atoms with E-state index in [1.807, 2.05) is 16.8 Å². The van der Waals surface area contributed by atoms with Gasteiger partial charge in [-0.25, -0.2) is 17.5 Å². The van der Waals surface area contributed by atoms with Crippen LogP contribution in [0.3, 0.4) is 0 Å². The van der Waals surface area contributed by atoms with E-state index in [1.54, 1.807) is 11.3 Å². The number of thiophene rings is 1. The number of sulfonamides is 1. The van der Waals surface area contributed by atoms with Gasteiger partial charge in [0.2, 0.25) is 10.0 Å². The molecule has 0 saturated heterocycles. The van der Waals surface area contributed by atoms with Gasteiger partial charge < -0.3 is 5.11 Å². The number of benzene rings is 1. The van der Waals surface area contributed by atoms with Crippen LogP contribution in [0.5, 0.6) is 0 Å². The van der Waals surface area contributed by atoms with Crippen LogP contribution in [-0.2, 0) is 23.1 Å². The highest BCUT2D eigenvalue weighted by Crippen LogP contribution is 2.19. The average Bonchev–Trinajstić information content (AvgIpc) is 2.94. The summed E-state index contributed by atoms with van der Waals surface area (Å²) in [5, 5.41) is 13.0. The molecule has 21 heavy (non-hydrogen) atoms. The summed E-state index contributed by atoms with van der Waals surface area (Å²) in [6.07, 6.45) is 0.593. The van der Waals surface area contributed by atoms with E-state index in [2.05, 4.69) is 4.72 Å². The maximum atomic E-state index is 13.6. The third kappa shape index (κ3) is 3.88. The lowest BCUT2D eigenvalue weighted by Crippen LogP contribution is -2.26. The summed E-state index contributed by atoms with van der Waals surface area (Å²) in [5.74, 6) is -0.574. The molecule has 0 saturated carbocycles. The summed E-state index contributed by atoms with van der Waals surface area (Å²) >= 11 is 1.56. The third-order valence-corrected chi connectivity index (χ3v) is 5.24. The number of aryl methyl sites for hydroxylation is 1. The second kappa shape index (κ2) is 6.65. The Morgan fingerprint density at radius 2 is 2.14 bits per heavy atom. The van der Waals surface area contributed by atoms with Gasteiger partial charge in [0.15, 0.2) is 0 Å². The molecule has 7 heteroatoms. The minimum atomic E-state index is -3.71. The Kier molecular flexibility index (Phi) is 5.10. The van der Waals surface area contributed by atoms with Crippen LogP contribution in [0.15, 0.2) is 33.9 Å². The van der Waals surface area contributed by atoms with E-state index in [0.29, 0.717) is 6.42 Å². The van der Waals surface area contributed by atoms with Crippen molar-refractivity contribution in [3.8, 4) is 0 Å². The van der Waals surface area contributed by atoms with E-state index in [4.69, 9.17) is 5.11 Å². The van der Waals surface area contributed by atoms with Crippen LogP contribution < -0.4 is 4.72 Å². The summed E-state index contributed by atoms with van der Waals surface area (Å²) in [6, 6.07) is 4.36. The third-order valence-electron chi connectivity index (χ3n) is 3.07. The summed E-state index contributed by atoms with van der Waals surface area (Å²) in [7, 11) is -3.71. The normalized spacial score (nSPS) is 11.8. The van der Waals surface area contributed by atoms with Crippen LogP contribution in [0, 0.1) is 12.7 Å². The zero-order valence-electron chi connectivity index (χ0n) is 11.5. The first-order valence-electron chi connectivity index (χ1n) is 6.34. The maximum absolute atomic E-state index is 13.6. The lowest BCUT2D eigenvalue weighted by atomic mass is 10.1. The predicted octanol–water partition coefficient (Wildman–Crippen LogP) is 2.21. The predicted molar refractivity (Wildman–Crippen MR) is 80.3 cm³/mol. The lowest BCUT2D eigenvalue weighted by molar-refractivity contribution is 0.275. The molecule has 0 bridgehead atoms. The summed E-state index contributed by atoms with van der Waals surface area (Å²) in [6.45, 7) is 1.20. The molecule has 1 heterocycles. The Morgan fingerprint density at radius 1 is 1.38 bits per heavy atom. The molecule has 1 aromatic heterocycles. The SMILES string of the molecule is Cc1cc(S(=O)(=O)NCCc2ccsc2)cc(CO)c1F. The van der Waals surface area contributed by atoms with Crippen molar-refractivity contribution in [2.24, 2.45) is 0 Å². The Hall–Kier alpha value is -1.28. The quantitative estimate of drug-likeness (QED) is 0.854. The Labute approximate surface area is 127 Å². The van der Waals surface area contributed by atoms with Crippen LogP contribution in [0.1, 0.15) is 16.7 Å². The summed E-state index contributed by atoms with van der Waals surface area (Å²) < 4.78 is 40.5. The molecule has 0 atom stereocenters. The molecule has 0 spiro atoms. The van der Waals surface area contributed by atoms with E-state index in [9.17, 15) is 12.8 Å². The fourth-order valence-electron chi connectivity index (χ4n) is 1.92. The molecule has 0 aliphatic carbocycles. The number of aliphatic hydroxyl groups is 1. The molecule has 2 rings (SSSR count). The van der Waals surface area contributed by atoms with E-state index in [1.165, 1.54) is 13.0 Å². The maximum Gasteiger partial charge on any atom is 0.240 e.